The van der Waals surface area contributed by atoms with E-state index in [-0.39, 0.29) is 5.41 Å². The summed E-state index contributed by atoms with van der Waals surface area (Å²) in [5.74, 6) is 1.04. The molecule has 0 bridgehead atoms. The molecule has 4 atom stereocenters. The molecule has 15 heavy (non-hydrogen) atoms. The average molecular weight is 210 g/mol. The third-order valence-electron chi connectivity index (χ3n) is 4.83. The molecule has 0 radical (unpaired) electrons. The molecule has 2 saturated carbocycles. The minimum Gasteiger partial charge on any atom is -0.381 e. The van der Waals surface area contributed by atoms with Crippen LogP contribution in [0, 0.1) is 17.3 Å². The lowest BCUT2D eigenvalue weighted by atomic mass is 9.68. The van der Waals surface area contributed by atoms with Crippen LogP contribution in [0.25, 0.3) is 0 Å². The van der Waals surface area contributed by atoms with E-state index in [0.717, 1.165) is 12.8 Å². The molecule has 0 heterocycles. The highest BCUT2D eigenvalue weighted by Gasteiger charge is 2.50. The fraction of sp³-hybridized carbons (Fsp3) is 0.923. The molecule has 0 aromatic rings. The summed E-state index contributed by atoms with van der Waals surface area (Å²) in [5.41, 5.74) is -0.0584. The molecule has 0 amide bonds. The van der Waals surface area contributed by atoms with Gasteiger partial charge in [0.05, 0.1) is 6.10 Å². The van der Waals surface area contributed by atoms with Crippen LogP contribution >= 0.6 is 0 Å². The summed E-state index contributed by atoms with van der Waals surface area (Å²) < 4.78 is 5.55. The fourth-order valence-corrected chi connectivity index (χ4v) is 3.87. The number of aldehydes is 1. The molecule has 4 unspecified atom stereocenters. The molecule has 0 aromatic heterocycles. The standard InChI is InChI=1S/C13H22O2/c1-10-5-4-8-13(10,9-14)11-6-3-7-12(11)15-2/h9-12H,3-8H2,1-2H3. The monoisotopic (exact) mass is 210 g/mol. The van der Waals surface area contributed by atoms with Crippen molar-refractivity contribution in [2.24, 2.45) is 17.3 Å². The van der Waals surface area contributed by atoms with Crippen molar-refractivity contribution < 1.29 is 9.53 Å². The molecule has 2 rings (SSSR count). The minimum atomic E-state index is -0.0584. The van der Waals surface area contributed by atoms with Gasteiger partial charge in [0.25, 0.3) is 0 Å². The van der Waals surface area contributed by atoms with E-state index in [0.29, 0.717) is 17.9 Å². The largest absolute Gasteiger partial charge is 0.381 e. The van der Waals surface area contributed by atoms with E-state index >= 15 is 0 Å². The van der Waals surface area contributed by atoms with E-state index in [4.69, 9.17) is 4.74 Å². The van der Waals surface area contributed by atoms with Crippen LogP contribution in [0.15, 0.2) is 0 Å². The minimum absolute atomic E-state index is 0.0584. The van der Waals surface area contributed by atoms with Crippen LogP contribution in [-0.2, 0) is 9.53 Å². The Bertz CT molecular complexity index is 239. The van der Waals surface area contributed by atoms with E-state index in [1.54, 1.807) is 7.11 Å². The number of rotatable bonds is 3. The number of carbonyl (C=O) groups is 1. The Morgan fingerprint density at radius 1 is 1.27 bits per heavy atom. The first kappa shape index (κ1) is 11.1. The van der Waals surface area contributed by atoms with Crippen LogP contribution in [0.5, 0.6) is 0 Å². The quantitative estimate of drug-likeness (QED) is 0.669. The Hall–Kier alpha value is -0.370. The number of ether oxygens (including phenoxy) is 1. The Balaban J connectivity index is 2.21. The molecule has 2 nitrogen and oxygen atoms in total. The van der Waals surface area contributed by atoms with Crippen LogP contribution in [0.4, 0.5) is 0 Å². The summed E-state index contributed by atoms with van der Waals surface area (Å²) in [5, 5.41) is 0. The van der Waals surface area contributed by atoms with E-state index in [1.807, 2.05) is 0 Å². The van der Waals surface area contributed by atoms with Gasteiger partial charge in [0.15, 0.2) is 0 Å². The smallest absolute Gasteiger partial charge is 0.126 e. The van der Waals surface area contributed by atoms with Crippen molar-refractivity contribution in [3.8, 4) is 0 Å². The van der Waals surface area contributed by atoms with Crippen molar-refractivity contribution in [1.29, 1.82) is 0 Å². The second-order valence-electron chi connectivity index (χ2n) is 5.34. The van der Waals surface area contributed by atoms with Gasteiger partial charge in [-0.1, -0.05) is 19.8 Å². The SMILES string of the molecule is COC1CCCC1C1(C=O)CCCC1C. The van der Waals surface area contributed by atoms with E-state index in [1.165, 1.54) is 32.0 Å². The van der Waals surface area contributed by atoms with Gasteiger partial charge in [0.2, 0.25) is 0 Å². The molecule has 86 valence electrons. The van der Waals surface area contributed by atoms with Crippen molar-refractivity contribution in [2.75, 3.05) is 7.11 Å². The van der Waals surface area contributed by atoms with Crippen LogP contribution in [0.2, 0.25) is 0 Å². The van der Waals surface area contributed by atoms with Crippen molar-refractivity contribution in [3.63, 3.8) is 0 Å². The molecule has 0 aliphatic heterocycles. The highest BCUT2D eigenvalue weighted by Crippen LogP contribution is 2.52. The lowest BCUT2D eigenvalue weighted by Gasteiger charge is -2.37. The maximum absolute atomic E-state index is 11.5. The van der Waals surface area contributed by atoms with Gasteiger partial charge in [0, 0.05) is 12.5 Å². The Labute approximate surface area is 92.4 Å². The van der Waals surface area contributed by atoms with Gasteiger partial charge in [-0.3, -0.25) is 0 Å². The first-order valence-electron chi connectivity index (χ1n) is 6.23. The lowest BCUT2D eigenvalue weighted by molar-refractivity contribution is -0.124. The maximum atomic E-state index is 11.5. The molecule has 2 heteroatoms. The highest BCUT2D eigenvalue weighted by atomic mass is 16.5. The van der Waals surface area contributed by atoms with Gasteiger partial charge >= 0.3 is 0 Å². The van der Waals surface area contributed by atoms with Crippen molar-refractivity contribution in [2.45, 2.75) is 51.6 Å². The van der Waals surface area contributed by atoms with E-state index in [9.17, 15) is 4.79 Å². The number of methoxy groups -OCH3 is 1. The summed E-state index contributed by atoms with van der Waals surface area (Å²) in [6.07, 6.45) is 8.65. The molecule has 0 spiro atoms. The van der Waals surface area contributed by atoms with E-state index in [2.05, 4.69) is 6.92 Å². The summed E-state index contributed by atoms with van der Waals surface area (Å²) in [6.45, 7) is 2.24. The van der Waals surface area contributed by atoms with E-state index < -0.39 is 0 Å². The summed E-state index contributed by atoms with van der Waals surface area (Å²) in [4.78, 5) is 11.5. The number of hydrogen-bond acceptors (Lipinski definition) is 2. The van der Waals surface area contributed by atoms with Crippen molar-refractivity contribution in [1.82, 2.24) is 0 Å². The molecular weight excluding hydrogens is 188 g/mol. The first-order valence-corrected chi connectivity index (χ1v) is 6.23. The normalized spacial score (nSPS) is 45.9. The number of hydrogen-bond donors (Lipinski definition) is 0. The molecule has 2 aliphatic rings. The predicted molar refractivity (Wildman–Crippen MR) is 59.7 cm³/mol. The zero-order valence-corrected chi connectivity index (χ0v) is 9.87. The van der Waals surface area contributed by atoms with Gasteiger partial charge in [-0.25, -0.2) is 0 Å². The third-order valence-corrected chi connectivity index (χ3v) is 4.83. The average Bonchev–Trinajstić information content (AvgIpc) is 2.84. The molecule has 0 N–H and O–H groups in total. The lowest BCUT2D eigenvalue weighted by Crippen LogP contribution is -2.39. The van der Waals surface area contributed by atoms with Crippen LogP contribution in [0.3, 0.4) is 0 Å². The fourth-order valence-electron chi connectivity index (χ4n) is 3.87. The van der Waals surface area contributed by atoms with Gasteiger partial charge in [-0.05, 0) is 37.5 Å². The Kier molecular flexibility index (Phi) is 3.15. The molecule has 2 fully saturated rings. The van der Waals surface area contributed by atoms with Crippen molar-refractivity contribution in [3.05, 3.63) is 0 Å². The zero-order valence-electron chi connectivity index (χ0n) is 9.87. The Morgan fingerprint density at radius 2 is 2.07 bits per heavy atom. The topological polar surface area (TPSA) is 26.3 Å². The third kappa shape index (κ3) is 1.63. The molecule has 0 saturated heterocycles. The molecular formula is C13H22O2. The second kappa shape index (κ2) is 4.25. The molecule has 2 aliphatic carbocycles. The summed E-state index contributed by atoms with van der Waals surface area (Å²) in [7, 11) is 1.79. The Morgan fingerprint density at radius 3 is 2.60 bits per heavy atom. The summed E-state index contributed by atoms with van der Waals surface area (Å²) in [6, 6.07) is 0. The maximum Gasteiger partial charge on any atom is 0.126 e. The van der Waals surface area contributed by atoms with Gasteiger partial charge in [-0.15, -0.1) is 0 Å². The van der Waals surface area contributed by atoms with Gasteiger partial charge in [-0.2, -0.15) is 0 Å². The van der Waals surface area contributed by atoms with Gasteiger partial charge < -0.3 is 9.53 Å². The highest BCUT2D eigenvalue weighted by molar-refractivity contribution is 5.61. The second-order valence-corrected chi connectivity index (χ2v) is 5.34. The van der Waals surface area contributed by atoms with Crippen LogP contribution < -0.4 is 0 Å². The summed E-state index contributed by atoms with van der Waals surface area (Å²) >= 11 is 0. The first-order chi connectivity index (χ1) is 7.24. The number of carbonyl (C=O) groups excluding carboxylic acids is 1. The zero-order chi connectivity index (χ0) is 10.9. The van der Waals surface area contributed by atoms with Crippen molar-refractivity contribution >= 4 is 6.29 Å². The van der Waals surface area contributed by atoms with Crippen LogP contribution in [-0.4, -0.2) is 19.5 Å². The molecule has 0 aromatic carbocycles. The predicted octanol–water partition coefficient (Wildman–Crippen LogP) is 2.81. The van der Waals surface area contributed by atoms with Gasteiger partial charge in [0.1, 0.15) is 6.29 Å². The van der Waals surface area contributed by atoms with Crippen LogP contribution in [0.1, 0.15) is 45.4 Å².